The van der Waals surface area contributed by atoms with Gasteiger partial charge in [0.05, 0.1) is 5.56 Å². The summed E-state index contributed by atoms with van der Waals surface area (Å²) in [5.41, 5.74) is -0.407. The topological polar surface area (TPSA) is 81.3 Å². The van der Waals surface area contributed by atoms with Gasteiger partial charge in [0.1, 0.15) is 11.4 Å². The van der Waals surface area contributed by atoms with Gasteiger partial charge in [-0.25, -0.2) is 4.79 Å². The number of rotatable bonds is 4. The molecule has 1 aromatic heterocycles. The van der Waals surface area contributed by atoms with Crippen LogP contribution in [0.4, 0.5) is 0 Å². The Kier molecular flexibility index (Phi) is 3.83. The number of hydrogen-bond acceptors (Lipinski definition) is 5. The Labute approximate surface area is 117 Å². The number of H-pyrrole nitrogens is 1. The lowest BCUT2D eigenvalue weighted by molar-refractivity contribution is -0.157. The molecule has 0 amide bonds. The second kappa shape index (κ2) is 5.26. The standard InChI is InChI=1S/C14H20N2O4/c1-8-12(18)15-11(9-5-6-9)16-13(8)19-7-10(17)20-14(2,3)4/h9H,5-7H2,1-4H3,(H,15,16,18). The fourth-order valence-corrected chi connectivity index (χ4v) is 1.72. The van der Waals surface area contributed by atoms with Gasteiger partial charge in [-0.05, 0) is 40.5 Å². The summed E-state index contributed by atoms with van der Waals surface area (Å²) in [5, 5.41) is 0. The van der Waals surface area contributed by atoms with E-state index >= 15 is 0 Å². The molecule has 1 saturated carbocycles. The van der Waals surface area contributed by atoms with E-state index in [-0.39, 0.29) is 18.0 Å². The van der Waals surface area contributed by atoms with Crippen molar-refractivity contribution < 1.29 is 14.3 Å². The van der Waals surface area contributed by atoms with Crippen LogP contribution in [-0.4, -0.2) is 28.1 Å². The first-order valence-electron chi connectivity index (χ1n) is 6.72. The van der Waals surface area contributed by atoms with E-state index in [4.69, 9.17) is 9.47 Å². The zero-order valence-electron chi connectivity index (χ0n) is 12.3. The van der Waals surface area contributed by atoms with Crippen LogP contribution in [0.25, 0.3) is 0 Å². The molecule has 0 atom stereocenters. The highest BCUT2D eigenvalue weighted by Gasteiger charge is 2.27. The Morgan fingerprint density at radius 1 is 1.40 bits per heavy atom. The fraction of sp³-hybridized carbons (Fsp3) is 0.643. The van der Waals surface area contributed by atoms with E-state index in [1.165, 1.54) is 0 Å². The molecular weight excluding hydrogens is 260 g/mol. The Balaban J connectivity index is 2.05. The van der Waals surface area contributed by atoms with Crippen molar-refractivity contribution in [2.24, 2.45) is 0 Å². The molecule has 0 aromatic carbocycles. The van der Waals surface area contributed by atoms with E-state index in [0.717, 1.165) is 12.8 Å². The maximum absolute atomic E-state index is 11.8. The third-order valence-corrected chi connectivity index (χ3v) is 2.84. The van der Waals surface area contributed by atoms with Gasteiger partial charge in [-0.2, -0.15) is 4.98 Å². The van der Waals surface area contributed by atoms with Crippen molar-refractivity contribution in [2.45, 2.75) is 52.1 Å². The average molecular weight is 280 g/mol. The first kappa shape index (κ1) is 14.6. The van der Waals surface area contributed by atoms with Crippen molar-refractivity contribution in [3.63, 3.8) is 0 Å². The molecule has 0 unspecified atom stereocenters. The van der Waals surface area contributed by atoms with Gasteiger partial charge in [0, 0.05) is 5.92 Å². The molecule has 0 spiro atoms. The predicted octanol–water partition coefficient (Wildman–Crippen LogP) is 1.68. The lowest BCUT2D eigenvalue weighted by atomic mass is 10.2. The number of carbonyl (C=O) groups is 1. The summed E-state index contributed by atoms with van der Waals surface area (Å²) in [7, 11) is 0. The number of hydrogen-bond donors (Lipinski definition) is 1. The first-order valence-corrected chi connectivity index (χ1v) is 6.72. The van der Waals surface area contributed by atoms with E-state index in [1.54, 1.807) is 27.7 Å². The van der Waals surface area contributed by atoms with Crippen LogP contribution >= 0.6 is 0 Å². The van der Waals surface area contributed by atoms with Crippen molar-refractivity contribution in [1.82, 2.24) is 9.97 Å². The first-order chi connectivity index (χ1) is 9.26. The zero-order chi connectivity index (χ0) is 14.9. The summed E-state index contributed by atoms with van der Waals surface area (Å²) >= 11 is 0. The molecular formula is C14H20N2O4. The van der Waals surface area contributed by atoms with Gasteiger partial charge in [-0.15, -0.1) is 0 Å². The molecule has 1 heterocycles. The lowest BCUT2D eigenvalue weighted by Gasteiger charge is -2.19. The maximum Gasteiger partial charge on any atom is 0.344 e. The predicted molar refractivity (Wildman–Crippen MR) is 72.9 cm³/mol. The number of aromatic nitrogens is 2. The monoisotopic (exact) mass is 280 g/mol. The number of ether oxygens (including phenoxy) is 2. The molecule has 6 heteroatoms. The van der Waals surface area contributed by atoms with Gasteiger partial charge in [0.2, 0.25) is 5.88 Å². The molecule has 1 aliphatic rings. The molecule has 6 nitrogen and oxygen atoms in total. The van der Waals surface area contributed by atoms with Gasteiger partial charge < -0.3 is 14.5 Å². The molecule has 0 bridgehead atoms. The van der Waals surface area contributed by atoms with Crippen molar-refractivity contribution in [3.05, 3.63) is 21.7 Å². The molecule has 0 aliphatic heterocycles. The molecule has 20 heavy (non-hydrogen) atoms. The molecule has 1 aromatic rings. The molecule has 1 fully saturated rings. The Morgan fingerprint density at radius 2 is 2.05 bits per heavy atom. The SMILES string of the molecule is Cc1c(OCC(=O)OC(C)(C)C)nc(C2CC2)[nH]c1=O. The van der Waals surface area contributed by atoms with Gasteiger partial charge in [-0.1, -0.05) is 0 Å². The van der Waals surface area contributed by atoms with Gasteiger partial charge in [-0.3, -0.25) is 4.79 Å². The van der Waals surface area contributed by atoms with Crippen LogP contribution in [0.15, 0.2) is 4.79 Å². The maximum atomic E-state index is 11.8. The van der Waals surface area contributed by atoms with E-state index in [0.29, 0.717) is 17.3 Å². The fourth-order valence-electron chi connectivity index (χ4n) is 1.72. The largest absolute Gasteiger partial charge is 0.465 e. The normalized spacial score (nSPS) is 15.0. The van der Waals surface area contributed by atoms with Crippen molar-refractivity contribution in [1.29, 1.82) is 0 Å². The molecule has 0 radical (unpaired) electrons. The van der Waals surface area contributed by atoms with Crippen molar-refractivity contribution in [3.8, 4) is 5.88 Å². The minimum Gasteiger partial charge on any atom is -0.465 e. The highest BCUT2D eigenvalue weighted by atomic mass is 16.6. The van der Waals surface area contributed by atoms with Crippen LogP contribution in [0, 0.1) is 6.92 Å². The molecule has 110 valence electrons. The highest BCUT2D eigenvalue weighted by Crippen LogP contribution is 2.38. The second-order valence-corrected chi connectivity index (χ2v) is 6.03. The summed E-state index contributed by atoms with van der Waals surface area (Å²) in [6, 6.07) is 0. The van der Waals surface area contributed by atoms with Crippen molar-refractivity contribution in [2.75, 3.05) is 6.61 Å². The van der Waals surface area contributed by atoms with Crippen LogP contribution in [0.1, 0.15) is 50.9 Å². The number of aromatic amines is 1. The minimum absolute atomic E-state index is 0.210. The van der Waals surface area contributed by atoms with E-state index in [2.05, 4.69) is 9.97 Å². The lowest BCUT2D eigenvalue weighted by Crippen LogP contribution is -2.28. The second-order valence-electron chi connectivity index (χ2n) is 6.03. The molecule has 2 rings (SSSR count). The van der Waals surface area contributed by atoms with Gasteiger partial charge in [0.15, 0.2) is 6.61 Å². The number of nitrogens with zero attached hydrogens (tertiary/aromatic N) is 1. The number of carbonyl (C=O) groups excluding carboxylic acids is 1. The summed E-state index contributed by atoms with van der Waals surface area (Å²) < 4.78 is 10.5. The van der Waals surface area contributed by atoms with Gasteiger partial charge in [0.25, 0.3) is 5.56 Å². The summed E-state index contributed by atoms with van der Waals surface area (Å²) in [5.74, 6) is 0.681. The van der Waals surface area contributed by atoms with Crippen molar-refractivity contribution >= 4 is 5.97 Å². The van der Waals surface area contributed by atoms with Crippen LogP contribution in [0.2, 0.25) is 0 Å². The average Bonchev–Trinajstić information content (AvgIpc) is 3.12. The number of esters is 1. The van der Waals surface area contributed by atoms with E-state index in [9.17, 15) is 9.59 Å². The Hall–Kier alpha value is -1.85. The highest BCUT2D eigenvalue weighted by molar-refractivity contribution is 5.71. The van der Waals surface area contributed by atoms with E-state index < -0.39 is 11.6 Å². The zero-order valence-corrected chi connectivity index (χ0v) is 12.3. The van der Waals surface area contributed by atoms with Gasteiger partial charge >= 0.3 is 5.97 Å². The Morgan fingerprint density at radius 3 is 2.60 bits per heavy atom. The Bertz CT molecular complexity index is 568. The quantitative estimate of drug-likeness (QED) is 0.848. The summed E-state index contributed by atoms with van der Waals surface area (Å²) in [6.45, 7) is 6.72. The van der Waals surface area contributed by atoms with Crippen LogP contribution in [-0.2, 0) is 9.53 Å². The molecule has 0 saturated heterocycles. The summed E-state index contributed by atoms with van der Waals surface area (Å²) in [4.78, 5) is 30.4. The number of nitrogens with one attached hydrogen (secondary N) is 1. The van der Waals surface area contributed by atoms with Crippen LogP contribution < -0.4 is 10.3 Å². The minimum atomic E-state index is -0.559. The third kappa shape index (κ3) is 3.82. The smallest absolute Gasteiger partial charge is 0.344 e. The van der Waals surface area contributed by atoms with E-state index in [1.807, 2.05) is 0 Å². The molecule has 1 aliphatic carbocycles. The summed E-state index contributed by atoms with van der Waals surface area (Å²) in [6.07, 6.45) is 2.05. The molecule has 1 N–H and O–H groups in total. The van der Waals surface area contributed by atoms with Crippen LogP contribution in [0.5, 0.6) is 5.88 Å². The third-order valence-electron chi connectivity index (χ3n) is 2.84. The van der Waals surface area contributed by atoms with Crippen LogP contribution in [0.3, 0.4) is 0 Å².